The van der Waals surface area contributed by atoms with Crippen LogP contribution in [0.1, 0.15) is 0 Å². The lowest BCUT2D eigenvalue weighted by Gasteiger charge is -2.27. The molecule has 0 aromatic carbocycles. The molecule has 0 radical (unpaired) electrons. The van der Waals surface area contributed by atoms with E-state index in [2.05, 4.69) is 33.5 Å². The van der Waals surface area contributed by atoms with Crippen LogP contribution in [0.2, 0.25) is 0 Å². The van der Waals surface area contributed by atoms with Crippen LogP contribution in [0.25, 0.3) is 0 Å². The summed E-state index contributed by atoms with van der Waals surface area (Å²) in [6.07, 6.45) is 3.11. The number of hydrogen-bond acceptors (Lipinski definition) is 10. The Bertz CT molecular complexity index is 344. The summed E-state index contributed by atoms with van der Waals surface area (Å²) in [7, 11) is 0. The van der Waals surface area contributed by atoms with Gasteiger partial charge in [-0.05, 0) is 0 Å². The van der Waals surface area contributed by atoms with Gasteiger partial charge in [0.2, 0.25) is 12.2 Å². The van der Waals surface area contributed by atoms with Gasteiger partial charge in [0.15, 0.2) is 0 Å². The molecule has 0 saturated carbocycles. The standard InChI is InChI=1S/C12H18N2O2S6/c15-5-13-7-19-9-17-1-11-3-22-12(4-21-11)2-18-10-20-8-14-6-16/h11-12H,1-4,7-10H2. The van der Waals surface area contributed by atoms with Crippen molar-refractivity contribution in [1.29, 1.82) is 0 Å². The summed E-state index contributed by atoms with van der Waals surface area (Å²) in [6.45, 7) is 0. The van der Waals surface area contributed by atoms with E-state index in [4.69, 9.17) is 0 Å². The molecule has 2 atom stereocenters. The fourth-order valence-electron chi connectivity index (χ4n) is 1.47. The molecule has 0 N–H and O–H groups in total. The third-order valence-corrected chi connectivity index (χ3v) is 10.6. The van der Waals surface area contributed by atoms with E-state index >= 15 is 0 Å². The summed E-state index contributed by atoms with van der Waals surface area (Å²) in [6, 6.07) is 0. The lowest BCUT2D eigenvalue weighted by Crippen LogP contribution is -2.24. The van der Waals surface area contributed by atoms with E-state index in [9.17, 15) is 9.59 Å². The number of aliphatic imine (C=N–C) groups is 2. The zero-order valence-corrected chi connectivity index (χ0v) is 16.9. The molecule has 1 aliphatic rings. The minimum absolute atomic E-state index is 0.526. The maximum absolute atomic E-state index is 9.92. The molecule has 2 unspecified atom stereocenters. The lowest BCUT2D eigenvalue weighted by molar-refractivity contribution is 0.563. The van der Waals surface area contributed by atoms with E-state index < -0.39 is 0 Å². The molecule has 1 saturated heterocycles. The maximum atomic E-state index is 9.92. The van der Waals surface area contributed by atoms with Crippen LogP contribution in [-0.4, -0.2) is 67.6 Å². The second kappa shape index (κ2) is 15.4. The number of thioether (sulfide) groups is 6. The number of carbonyl (C=O) groups excluding carboxylic acids is 2. The molecule has 10 heteroatoms. The van der Waals surface area contributed by atoms with Gasteiger partial charge in [-0.15, -0.1) is 47.0 Å². The minimum Gasteiger partial charge on any atom is -0.211 e. The van der Waals surface area contributed by atoms with Gasteiger partial charge in [-0.2, -0.15) is 33.5 Å². The van der Waals surface area contributed by atoms with Gasteiger partial charge in [0, 0.05) is 43.7 Å². The van der Waals surface area contributed by atoms with E-state index in [1.54, 1.807) is 35.7 Å². The summed E-state index contributed by atoms with van der Waals surface area (Å²) in [5, 5.41) is 3.46. The van der Waals surface area contributed by atoms with Crippen LogP contribution in [-0.2, 0) is 9.59 Å². The lowest BCUT2D eigenvalue weighted by atomic mass is 10.5. The first-order valence-corrected chi connectivity index (χ1v) is 13.2. The van der Waals surface area contributed by atoms with Crippen molar-refractivity contribution in [2.24, 2.45) is 9.98 Å². The predicted molar refractivity (Wildman–Crippen MR) is 108 cm³/mol. The third kappa shape index (κ3) is 11.4. The molecular formula is C12H18N2O2S6. The van der Waals surface area contributed by atoms with E-state index in [1.807, 2.05) is 23.5 Å². The molecule has 1 rings (SSSR count). The van der Waals surface area contributed by atoms with E-state index in [0.717, 1.165) is 20.7 Å². The van der Waals surface area contributed by atoms with Gasteiger partial charge in [0.1, 0.15) is 0 Å². The largest absolute Gasteiger partial charge is 0.235 e. The summed E-state index contributed by atoms with van der Waals surface area (Å²) >= 11 is 11.4. The number of isocyanates is 2. The van der Waals surface area contributed by atoms with Gasteiger partial charge >= 0.3 is 0 Å². The molecule has 1 fully saturated rings. The number of hydrogen-bond donors (Lipinski definition) is 0. The van der Waals surface area contributed by atoms with Crippen molar-refractivity contribution in [3.05, 3.63) is 0 Å². The van der Waals surface area contributed by atoms with Gasteiger partial charge in [-0.3, -0.25) is 0 Å². The summed E-state index contributed by atoms with van der Waals surface area (Å²) in [5.41, 5.74) is 0. The van der Waals surface area contributed by atoms with Crippen molar-refractivity contribution in [3.63, 3.8) is 0 Å². The fourth-order valence-corrected chi connectivity index (χ4v) is 8.93. The first-order chi connectivity index (χ1) is 10.9. The van der Waals surface area contributed by atoms with Crippen molar-refractivity contribution in [2.75, 3.05) is 44.9 Å². The predicted octanol–water partition coefficient (Wildman–Crippen LogP) is 3.64. The normalized spacial score (nSPS) is 20.9. The number of rotatable bonds is 12. The fraction of sp³-hybridized carbons (Fsp3) is 0.833. The molecule has 0 amide bonds. The van der Waals surface area contributed by atoms with Crippen molar-refractivity contribution in [2.45, 2.75) is 10.5 Å². The molecule has 0 aromatic heterocycles. The Hall–Kier alpha value is 0.860. The quantitative estimate of drug-likeness (QED) is 0.208. The van der Waals surface area contributed by atoms with Crippen molar-refractivity contribution < 1.29 is 9.59 Å². The van der Waals surface area contributed by atoms with E-state index in [-0.39, 0.29) is 0 Å². The van der Waals surface area contributed by atoms with E-state index in [0.29, 0.717) is 11.8 Å². The Morgan fingerprint density at radius 1 is 0.818 bits per heavy atom. The Balaban J connectivity index is 1.94. The highest BCUT2D eigenvalue weighted by atomic mass is 32.2. The summed E-state index contributed by atoms with van der Waals surface area (Å²) in [4.78, 5) is 26.9. The highest BCUT2D eigenvalue weighted by Crippen LogP contribution is 2.34. The monoisotopic (exact) mass is 414 g/mol. The molecule has 4 nitrogen and oxygen atoms in total. The molecule has 22 heavy (non-hydrogen) atoms. The molecular weight excluding hydrogens is 397 g/mol. The summed E-state index contributed by atoms with van der Waals surface area (Å²) in [5.74, 6) is 5.85. The topological polar surface area (TPSA) is 58.9 Å². The van der Waals surface area contributed by atoms with Gasteiger partial charge in [0.25, 0.3) is 0 Å². The molecule has 0 bridgehead atoms. The highest BCUT2D eigenvalue weighted by molar-refractivity contribution is 8.17. The molecule has 0 spiro atoms. The average molecular weight is 415 g/mol. The van der Waals surface area contributed by atoms with Gasteiger partial charge < -0.3 is 0 Å². The molecule has 0 aliphatic carbocycles. The van der Waals surface area contributed by atoms with Crippen molar-refractivity contribution in [3.8, 4) is 0 Å². The van der Waals surface area contributed by atoms with Crippen LogP contribution in [0, 0.1) is 0 Å². The average Bonchev–Trinajstić information content (AvgIpc) is 2.55. The number of nitrogens with zero attached hydrogens (tertiary/aromatic N) is 2. The molecule has 1 heterocycles. The highest BCUT2D eigenvalue weighted by Gasteiger charge is 2.21. The SMILES string of the molecule is O=C=NCSCSCC1CSC(CSCSCN=C=O)CS1. The van der Waals surface area contributed by atoms with Crippen LogP contribution in [0.5, 0.6) is 0 Å². The Kier molecular flexibility index (Phi) is 14.6. The van der Waals surface area contributed by atoms with Crippen LogP contribution in [0.15, 0.2) is 9.98 Å². The second-order valence-electron chi connectivity index (χ2n) is 4.05. The maximum Gasteiger partial charge on any atom is 0.235 e. The second-order valence-corrected chi connectivity index (χ2v) is 11.4. The van der Waals surface area contributed by atoms with Crippen molar-refractivity contribution >= 4 is 82.7 Å². The van der Waals surface area contributed by atoms with Crippen LogP contribution in [0.3, 0.4) is 0 Å². The third-order valence-electron chi connectivity index (χ3n) is 2.42. The van der Waals surface area contributed by atoms with E-state index in [1.165, 1.54) is 23.0 Å². The first kappa shape index (κ1) is 20.9. The zero-order chi connectivity index (χ0) is 15.9. The first-order valence-electron chi connectivity index (χ1n) is 6.48. The Labute approximate surface area is 157 Å². The molecule has 124 valence electrons. The molecule has 1 aliphatic heterocycles. The minimum atomic E-state index is 0.526. The van der Waals surface area contributed by atoms with Crippen LogP contribution in [0.4, 0.5) is 0 Å². The summed E-state index contributed by atoms with van der Waals surface area (Å²) < 4.78 is 0. The van der Waals surface area contributed by atoms with Gasteiger partial charge in [-0.25, -0.2) is 9.59 Å². The van der Waals surface area contributed by atoms with Gasteiger partial charge in [-0.1, -0.05) is 0 Å². The zero-order valence-electron chi connectivity index (χ0n) is 12.0. The van der Waals surface area contributed by atoms with Gasteiger partial charge in [0.05, 0.1) is 11.8 Å². The van der Waals surface area contributed by atoms with Crippen molar-refractivity contribution in [1.82, 2.24) is 0 Å². The smallest absolute Gasteiger partial charge is 0.211 e. The van der Waals surface area contributed by atoms with Crippen LogP contribution >= 0.6 is 70.6 Å². The molecule has 0 aromatic rings. The Morgan fingerprint density at radius 3 is 1.64 bits per heavy atom. The van der Waals surface area contributed by atoms with Crippen LogP contribution < -0.4 is 0 Å². The Morgan fingerprint density at radius 2 is 1.27 bits per heavy atom.